The van der Waals surface area contributed by atoms with Gasteiger partial charge in [-0.1, -0.05) is 13.8 Å². The van der Waals surface area contributed by atoms with Gasteiger partial charge in [-0.3, -0.25) is 4.79 Å². The monoisotopic (exact) mass is 363 g/mol. The van der Waals surface area contributed by atoms with Crippen LogP contribution in [0.3, 0.4) is 0 Å². The first kappa shape index (κ1) is 17.7. The van der Waals surface area contributed by atoms with Gasteiger partial charge < -0.3 is 0 Å². The molecule has 0 radical (unpaired) electrons. The minimum absolute atomic E-state index is 0.0329. The second-order valence-corrected chi connectivity index (χ2v) is 10.1. The lowest BCUT2D eigenvalue weighted by Gasteiger charge is -2.36. The van der Waals surface area contributed by atoms with Gasteiger partial charge in [0, 0.05) is 11.8 Å². The summed E-state index contributed by atoms with van der Waals surface area (Å²) in [4.78, 5) is 12.1. The largest absolute Gasteiger partial charge is 0.512 e. The molecule has 0 aromatic rings. The Bertz CT molecular complexity index is 710. The number of sulfonamides is 2. The predicted molar refractivity (Wildman–Crippen MR) is 70.5 cm³/mol. The van der Waals surface area contributed by atoms with Gasteiger partial charge in [0.05, 0.1) is 5.75 Å². The standard InChI is InChI=1S/C11H16F3NO5S2/c1-9(2)7-3-4-10(9,8(16)5-7)6-21(17,18)15-22(19,20)11(12,13)14/h7,15H,3-6H2,1-2H3. The van der Waals surface area contributed by atoms with Gasteiger partial charge in [-0.25, -0.2) is 16.8 Å². The number of hydrogen-bond donors (Lipinski definition) is 1. The Morgan fingerprint density at radius 3 is 2.14 bits per heavy atom. The van der Waals surface area contributed by atoms with Crippen LogP contribution in [-0.4, -0.2) is 33.9 Å². The third-order valence-electron chi connectivity index (χ3n) is 5.12. The smallest absolute Gasteiger partial charge is 0.299 e. The minimum Gasteiger partial charge on any atom is -0.299 e. The van der Waals surface area contributed by atoms with Crippen molar-refractivity contribution in [3.63, 3.8) is 0 Å². The highest BCUT2D eigenvalue weighted by atomic mass is 32.3. The summed E-state index contributed by atoms with van der Waals surface area (Å²) in [6.45, 7) is 3.40. The molecule has 6 nitrogen and oxygen atoms in total. The highest BCUT2D eigenvalue weighted by Gasteiger charge is 2.65. The van der Waals surface area contributed by atoms with E-state index < -0.39 is 42.1 Å². The van der Waals surface area contributed by atoms with E-state index in [0.29, 0.717) is 10.5 Å². The summed E-state index contributed by atoms with van der Waals surface area (Å²) >= 11 is 0. The van der Waals surface area contributed by atoms with Crippen molar-refractivity contribution in [3.8, 4) is 0 Å². The molecule has 0 saturated heterocycles. The average molecular weight is 363 g/mol. The van der Waals surface area contributed by atoms with Crippen LogP contribution in [-0.2, 0) is 24.8 Å². The predicted octanol–water partition coefficient (Wildman–Crippen LogP) is 1.15. The van der Waals surface area contributed by atoms with Crippen molar-refractivity contribution in [2.75, 3.05) is 5.75 Å². The van der Waals surface area contributed by atoms with E-state index in [2.05, 4.69) is 0 Å². The number of carbonyl (C=O) groups excluding carboxylic acids is 1. The highest BCUT2D eigenvalue weighted by Crippen LogP contribution is 2.64. The summed E-state index contributed by atoms with van der Waals surface area (Å²) in [6, 6.07) is 0. The first-order chi connectivity index (χ1) is 9.65. The number of Topliss-reactive ketones (excluding diaryl/α,β-unsaturated/α-hetero) is 1. The Kier molecular flexibility index (Phi) is 3.75. The van der Waals surface area contributed by atoms with Crippen molar-refractivity contribution in [1.29, 1.82) is 0 Å². The van der Waals surface area contributed by atoms with Gasteiger partial charge in [-0.2, -0.15) is 13.2 Å². The molecule has 11 heteroatoms. The molecule has 0 aromatic carbocycles. The zero-order valence-electron chi connectivity index (χ0n) is 11.9. The summed E-state index contributed by atoms with van der Waals surface area (Å²) in [5.41, 5.74) is -7.75. The van der Waals surface area contributed by atoms with E-state index in [9.17, 15) is 34.8 Å². The number of alkyl halides is 3. The number of carbonyl (C=O) groups is 1. The molecule has 2 fully saturated rings. The van der Waals surface area contributed by atoms with E-state index in [4.69, 9.17) is 0 Å². The number of rotatable bonds is 4. The van der Waals surface area contributed by atoms with E-state index in [1.807, 2.05) is 0 Å². The lowest BCUT2D eigenvalue weighted by atomic mass is 9.70. The molecule has 2 unspecified atom stereocenters. The molecule has 22 heavy (non-hydrogen) atoms. The summed E-state index contributed by atoms with van der Waals surface area (Å²) in [5, 5.41) is 0. The lowest BCUT2D eigenvalue weighted by molar-refractivity contribution is -0.128. The highest BCUT2D eigenvalue weighted by molar-refractivity contribution is 8.05. The van der Waals surface area contributed by atoms with Crippen LogP contribution in [0.4, 0.5) is 13.2 Å². The normalized spacial score (nSPS) is 31.7. The minimum atomic E-state index is -6.02. The fourth-order valence-electron chi connectivity index (χ4n) is 3.68. The topological polar surface area (TPSA) is 97.4 Å². The zero-order chi connectivity index (χ0) is 17.2. The first-order valence-electron chi connectivity index (χ1n) is 6.50. The maximum Gasteiger partial charge on any atom is 0.512 e. The number of hydrogen-bond acceptors (Lipinski definition) is 5. The molecule has 128 valence electrons. The van der Waals surface area contributed by atoms with Gasteiger partial charge in [0.25, 0.3) is 0 Å². The Morgan fingerprint density at radius 2 is 1.77 bits per heavy atom. The van der Waals surface area contributed by atoms with Crippen LogP contribution in [0.1, 0.15) is 33.1 Å². The maximum absolute atomic E-state index is 12.3. The van der Waals surface area contributed by atoms with Crippen LogP contribution >= 0.6 is 0 Å². The second kappa shape index (κ2) is 4.67. The van der Waals surface area contributed by atoms with E-state index in [0.717, 1.165) is 0 Å². The molecule has 2 rings (SSSR count). The molecule has 2 saturated carbocycles. The third kappa shape index (κ3) is 2.46. The fraction of sp³-hybridized carbons (Fsp3) is 0.909. The molecule has 0 aromatic heterocycles. The van der Waals surface area contributed by atoms with Crippen LogP contribution in [0.25, 0.3) is 0 Å². The molecule has 0 amide bonds. The van der Waals surface area contributed by atoms with Gasteiger partial charge in [0.15, 0.2) is 0 Å². The molecule has 0 heterocycles. The Morgan fingerprint density at radius 1 is 1.23 bits per heavy atom. The Balaban J connectivity index is 2.32. The van der Waals surface area contributed by atoms with Crippen molar-refractivity contribution >= 4 is 25.8 Å². The molecule has 2 atom stereocenters. The van der Waals surface area contributed by atoms with Gasteiger partial charge >= 0.3 is 15.5 Å². The Hall–Kier alpha value is -0.680. The SMILES string of the molecule is CC1(C)C2CCC1(CS(=O)(=O)NS(=O)(=O)C(F)(F)F)C(=O)C2. The number of ketones is 1. The van der Waals surface area contributed by atoms with E-state index in [1.54, 1.807) is 13.8 Å². The molecule has 0 aliphatic heterocycles. The van der Waals surface area contributed by atoms with E-state index in [-0.39, 0.29) is 24.5 Å². The molecule has 2 aliphatic carbocycles. The van der Waals surface area contributed by atoms with Crippen molar-refractivity contribution in [3.05, 3.63) is 0 Å². The van der Waals surface area contributed by atoms with Crippen molar-refractivity contribution in [2.45, 2.75) is 38.6 Å². The van der Waals surface area contributed by atoms with Crippen LogP contribution in [0, 0.1) is 16.7 Å². The van der Waals surface area contributed by atoms with E-state index in [1.165, 1.54) is 0 Å². The molecule has 2 bridgehead atoms. The van der Waals surface area contributed by atoms with Crippen LogP contribution in [0.15, 0.2) is 0 Å². The van der Waals surface area contributed by atoms with Gasteiger partial charge in [0.2, 0.25) is 10.0 Å². The first-order valence-corrected chi connectivity index (χ1v) is 9.64. The molecular weight excluding hydrogens is 347 g/mol. The zero-order valence-corrected chi connectivity index (χ0v) is 13.5. The van der Waals surface area contributed by atoms with Crippen LogP contribution < -0.4 is 4.13 Å². The summed E-state index contributed by atoms with van der Waals surface area (Å²) in [7, 11) is -10.9. The van der Waals surface area contributed by atoms with Crippen molar-refractivity contribution < 1.29 is 34.8 Å². The quantitative estimate of drug-likeness (QED) is 0.808. The van der Waals surface area contributed by atoms with Crippen LogP contribution in [0.2, 0.25) is 0 Å². The summed E-state index contributed by atoms with van der Waals surface area (Å²) in [5.74, 6) is -1.31. The Labute approximate surface area is 126 Å². The van der Waals surface area contributed by atoms with Gasteiger partial charge in [-0.05, 0) is 24.2 Å². The fourth-order valence-corrected chi connectivity index (χ4v) is 6.95. The van der Waals surface area contributed by atoms with E-state index >= 15 is 0 Å². The van der Waals surface area contributed by atoms with Crippen LogP contribution in [0.5, 0.6) is 0 Å². The average Bonchev–Trinajstić information content (AvgIpc) is 2.58. The van der Waals surface area contributed by atoms with Gasteiger partial charge in [0.1, 0.15) is 5.78 Å². The van der Waals surface area contributed by atoms with Crippen molar-refractivity contribution in [2.24, 2.45) is 16.7 Å². The number of fused-ring (bicyclic) bond motifs is 2. The van der Waals surface area contributed by atoms with Gasteiger partial charge in [-0.15, -0.1) is 4.13 Å². The summed E-state index contributed by atoms with van der Waals surface area (Å²) in [6.07, 6.45) is 1.01. The lowest BCUT2D eigenvalue weighted by Crippen LogP contribution is -2.48. The number of halogens is 3. The maximum atomic E-state index is 12.3. The molecule has 0 spiro atoms. The summed E-state index contributed by atoms with van der Waals surface area (Å²) < 4.78 is 83.5. The molecular formula is C11H16F3NO5S2. The second-order valence-electron chi connectivity index (χ2n) is 6.46. The molecule has 2 aliphatic rings. The third-order valence-corrected chi connectivity index (χ3v) is 8.49. The number of nitrogens with one attached hydrogen (secondary N) is 1. The van der Waals surface area contributed by atoms with Crippen molar-refractivity contribution in [1.82, 2.24) is 4.13 Å². The molecule has 1 N–H and O–H groups in total.